The Morgan fingerprint density at radius 1 is 0.458 bits per heavy atom. The highest BCUT2D eigenvalue weighted by Crippen LogP contribution is 2.33. The first-order valence-corrected chi connectivity index (χ1v) is 40.9. The number of hydrogen-bond acceptors (Lipinski definition) is 18. The van der Waals surface area contributed by atoms with Crippen LogP contribution in [-0.2, 0) is 79.8 Å². The lowest BCUT2D eigenvalue weighted by atomic mass is 9.98. The average Bonchev–Trinajstić information content (AvgIpc) is 1.58. The Kier molecular flexibility index (Phi) is 29.0. The topological polar surface area (TPSA) is 414 Å². The lowest BCUT2D eigenvalue weighted by Gasteiger charge is -2.39. The normalized spacial score (nSPS) is 28.3. The second kappa shape index (κ2) is 38.8. The number of fused-ring (bicyclic) bond motifs is 6. The predicted molar refractivity (Wildman–Crippen MR) is 423 cm³/mol. The van der Waals surface area contributed by atoms with Gasteiger partial charge in [0.25, 0.3) is 0 Å². The minimum absolute atomic E-state index is 0.00850. The minimum Gasteiger partial charge on any atom is -0.458 e. The molecule has 32 nitrogen and oxygen atoms in total. The second-order valence-electron chi connectivity index (χ2n) is 33.2. The molecule has 120 heavy (non-hydrogen) atoms. The number of aliphatic hydroxyl groups excluding tert-OH is 2. The molecule has 4 aromatic rings. The molecule has 8 aliphatic rings. The summed E-state index contributed by atoms with van der Waals surface area (Å²) >= 11 is 0. The number of cyclic esters (lactones) is 2. The highest BCUT2D eigenvalue weighted by Gasteiger charge is 2.52. The molecule has 0 radical (unpaired) electrons. The van der Waals surface area contributed by atoms with Crippen LogP contribution in [-0.4, -0.2) is 259 Å². The van der Waals surface area contributed by atoms with Crippen molar-refractivity contribution >= 4 is 94.4 Å². The van der Waals surface area contributed by atoms with E-state index in [-0.39, 0.29) is 107 Å². The zero-order chi connectivity index (χ0) is 87.0. The van der Waals surface area contributed by atoms with E-state index in [1.807, 2.05) is 39.8 Å². The van der Waals surface area contributed by atoms with Gasteiger partial charge in [0, 0.05) is 88.5 Å². The summed E-state index contributed by atoms with van der Waals surface area (Å²) in [6.45, 7) is 15.2. The number of carbonyl (C=O) groups excluding carboxylic acids is 14. The number of halogens is 4. The molecule has 18 atom stereocenters. The van der Waals surface area contributed by atoms with Crippen molar-refractivity contribution in [3.8, 4) is 0 Å². The van der Waals surface area contributed by atoms with Crippen molar-refractivity contribution in [3.05, 3.63) is 130 Å². The highest BCUT2D eigenvalue weighted by atomic mass is 19.1. The molecule has 0 spiro atoms. The number of rotatable bonds is 13. The number of nitrogens with one attached hydrogen (secondary N) is 8. The Hall–Kier alpha value is -11.3. The van der Waals surface area contributed by atoms with Crippen LogP contribution in [0.5, 0.6) is 0 Å². The van der Waals surface area contributed by atoms with Crippen molar-refractivity contribution < 1.29 is 104 Å². The molecular weight excluding hydrogens is 1570 g/mol. The van der Waals surface area contributed by atoms with Crippen molar-refractivity contribution in [3.63, 3.8) is 0 Å². The van der Waals surface area contributed by atoms with E-state index in [1.165, 1.54) is 47.3 Å². The van der Waals surface area contributed by atoms with Crippen LogP contribution in [0.3, 0.4) is 0 Å². The smallest absolute Gasteiger partial charge is 0.329 e. The van der Waals surface area contributed by atoms with Gasteiger partial charge in [-0.25, -0.2) is 36.7 Å². The van der Waals surface area contributed by atoms with E-state index in [0.29, 0.717) is 49.2 Å². The van der Waals surface area contributed by atoms with E-state index < -0.39 is 216 Å². The van der Waals surface area contributed by atoms with Gasteiger partial charge in [0.1, 0.15) is 108 Å². The zero-order valence-corrected chi connectivity index (χ0v) is 68.4. The lowest BCUT2D eigenvalue weighted by molar-refractivity contribution is -0.163. The molecule has 4 aromatic carbocycles. The van der Waals surface area contributed by atoms with Crippen LogP contribution in [0.4, 0.5) is 38.5 Å². The third-order valence-corrected chi connectivity index (χ3v) is 23.2. The summed E-state index contributed by atoms with van der Waals surface area (Å²) < 4.78 is 69.2. The van der Waals surface area contributed by atoms with Crippen molar-refractivity contribution in [2.45, 2.75) is 242 Å². The van der Waals surface area contributed by atoms with Gasteiger partial charge in [-0.3, -0.25) is 47.9 Å². The van der Waals surface area contributed by atoms with E-state index in [1.54, 1.807) is 43.3 Å². The quantitative estimate of drug-likeness (QED) is 0.0671. The summed E-state index contributed by atoms with van der Waals surface area (Å²) in [5.41, 5.74) is 2.58. The van der Waals surface area contributed by atoms with Crippen molar-refractivity contribution in [1.82, 2.24) is 61.3 Å². The van der Waals surface area contributed by atoms with Crippen LogP contribution in [0.25, 0.3) is 0 Å². The molecule has 0 unspecified atom stereocenters. The van der Waals surface area contributed by atoms with E-state index in [9.17, 15) is 94.9 Å². The van der Waals surface area contributed by atoms with Gasteiger partial charge in [-0.2, -0.15) is 0 Å². The zero-order valence-electron chi connectivity index (χ0n) is 68.4. The number of ether oxygens (including phenoxy) is 2. The molecule has 648 valence electrons. The molecule has 8 fully saturated rings. The highest BCUT2D eigenvalue weighted by molar-refractivity contribution is 6.01. The summed E-state index contributed by atoms with van der Waals surface area (Å²) in [4.78, 5) is 204. The Labute approximate surface area is 691 Å². The summed E-state index contributed by atoms with van der Waals surface area (Å²) in [6.07, 6.45) is -3.21. The SMILES string of the molecule is CC(C)c1ccc(NC(=O)N[C@@H](Cc2cc(F)cc(F)c2)C(=O)N[C@@H]2C(=O)N3C[C@H](O)C[C@H]3C(=O)N3CCCC[C@H]3C(=O)N[C@@H](C)C(=O)N3C[C@H](C)C[C@H]3C(=O)O[C@H]2C)cc1.Cc1cccc(NC(=O)N[C@@H](Cc2cc(F)cc(F)c2)C(=O)N[C@@H]2C(=O)N3C[C@H](O)C[C@H]3C(=O)N3CCCC[C@H]3C(=O)N[C@@H](C)C(=O)N3C[C@H](C)C[C@H]3C(=O)O[C@H]2C)c1. The number of piperidine rings is 2. The summed E-state index contributed by atoms with van der Waals surface area (Å²) in [6, 6.07) is 1.78. The van der Waals surface area contributed by atoms with Gasteiger partial charge in [-0.1, -0.05) is 52.0 Å². The average molecular weight is 1680 g/mol. The molecule has 14 amide bonds. The third-order valence-electron chi connectivity index (χ3n) is 23.2. The molecule has 12 rings (SSSR count). The maximum Gasteiger partial charge on any atom is 0.329 e. The fourth-order valence-corrected chi connectivity index (χ4v) is 17.1. The first kappa shape index (κ1) is 89.5. The molecule has 8 saturated heterocycles. The minimum atomic E-state index is -1.74. The molecule has 0 bridgehead atoms. The van der Waals surface area contributed by atoms with Crippen LogP contribution in [0.2, 0.25) is 0 Å². The monoisotopic (exact) mass is 1670 g/mol. The van der Waals surface area contributed by atoms with E-state index in [0.717, 1.165) is 45.2 Å². The van der Waals surface area contributed by atoms with E-state index in [4.69, 9.17) is 9.47 Å². The number of carbonyl (C=O) groups is 14. The lowest BCUT2D eigenvalue weighted by Crippen LogP contribution is -2.63. The molecule has 8 heterocycles. The van der Waals surface area contributed by atoms with Gasteiger partial charge in [-0.05, 0) is 175 Å². The Morgan fingerprint density at radius 3 is 1.24 bits per heavy atom. The van der Waals surface area contributed by atoms with Gasteiger partial charge in [0.15, 0.2) is 0 Å². The molecule has 0 aliphatic carbocycles. The number of aliphatic hydroxyl groups is 2. The molecule has 36 heteroatoms. The van der Waals surface area contributed by atoms with Gasteiger partial charge in [-0.15, -0.1) is 0 Å². The van der Waals surface area contributed by atoms with Crippen molar-refractivity contribution in [2.24, 2.45) is 11.8 Å². The molecular formula is C84H106F4N14O18. The summed E-state index contributed by atoms with van der Waals surface area (Å²) in [5, 5.41) is 42.7. The number of hydrogen-bond donors (Lipinski definition) is 10. The largest absolute Gasteiger partial charge is 0.458 e. The van der Waals surface area contributed by atoms with Crippen LogP contribution in [0.1, 0.15) is 148 Å². The third kappa shape index (κ3) is 21.6. The Morgan fingerprint density at radius 2 is 0.850 bits per heavy atom. The van der Waals surface area contributed by atoms with Crippen LogP contribution < -0.4 is 42.5 Å². The molecule has 0 saturated carbocycles. The number of esters is 2. The number of nitrogens with zero attached hydrogens (tertiary/aromatic N) is 6. The fourth-order valence-electron chi connectivity index (χ4n) is 17.1. The standard InChI is InChI=1S/C43H55F2N7O9.C41H51F2N7O9/c1-22(2)27-9-11-30(12-10-27)47-43(60)48-32(17-26-15-28(44)18-29(45)16-26)37(54)49-36-25(5)61-42(59)35-14-23(3)20-51(35)39(56)24(4)46-38(55)33-8-6-7-13-50(33)40(57)34-19-31(53)21-52(34)41(36)58;1-21-8-7-9-28(12-21)45-41(58)46-30(16-25-14-26(42)17-27(43)15-25)35(52)47-34-24(4)59-40(57)33-13-22(2)19-49(33)37(54)23(3)44-36(53)31-10-5-6-11-48(31)38(55)32-18-29(51)20-50(32)39(34)56/h9-12,15-16,18,22-25,31-36,53H,6-8,13-14,17,19-21H2,1-5H3,(H,46,55)(H,49,54)(H2,47,48,60);7-9,12,14-15,17,22-24,29-34,51H,5-6,10-11,13,16,18-20H2,1-4H3,(H,44,53)(H,47,52)(H2,45,46,58)/t23-,24+,25+,31-,32+,33+,34+,35+,36+;22-,23+,24+,29-,30+,31+,32+,33+,34+/m11/s1. The van der Waals surface area contributed by atoms with E-state index >= 15 is 0 Å². The van der Waals surface area contributed by atoms with Gasteiger partial charge >= 0.3 is 24.0 Å². The number of aryl methyl sites for hydroxylation is 1. The van der Waals surface area contributed by atoms with Gasteiger partial charge in [0.05, 0.1) is 12.2 Å². The maximum absolute atomic E-state index is 14.8. The van der Waals surface area contributed by atoms with Crippen LogP contribution in [0, 0.1) is 42.0 Å². The Bertz CT molecular complexity index is 4520. The van der Waals surface area contributed by atoms with Crippen molar-refractivity contribution in [2.75, 3.05) is 49.9 Å². The van der Waals surface area contributed by atoms with Crippen molar-refractivity contribution in [1.29, 1.82) is 0 Å². The van der Waals surface area contributed by atoms with Crippen LogP contribution >= 0.6 is 0 Å². The number of urea groups is 2. The van der Waals surface area contributed by atoms with Gasteiger partial charge < -0.3 is 91.6 Å². The molecule has 8 aliphatic heterocycles. The second-order valence-corrected chi connectivity index (χ2v) is 33.2. The number of amides is 14. The number of benzene rings is 4. The van der Waals surface area contributed by atoms with Gasteiger partial charge in [0.2, 0.25) is 59.1 Å². The molecule has 0 aromatic heterocycles. The number of anilines is 2. The Balaban J connectivity index is 0.000000235. The maximum atomic E-state index is 14.8. The van der Waals surface area contributed by atoms with Crippen LogP contribution in [0.15, 0.2) is 84.9 Å². The van der Waals surface area contributed by atoms with E-state index in [2.05, 4.69) is 42.5 Å². The summed E-state index contributed by atoms with van der Waals surface area (Å²) in [5.74, 6) is -12.9. The fraction of sp³-hybridized carbons (Fsp3) is 0.548. The first-order chi connectivity index (χ1) is 56.9. The summed E-state index contributed by atoms with van der Waals surface area (Å²) in [7, 11) is 0. The molecule has 10 N–H and O–H groups in total. The first-order valence-electron chi connectivity index (χ1n) is 40.9. The predicted octanol–water partition coefficient (Wildman–Crippen LogP) is 3.86.